The van der Waals surface area contributed by atoms with E-state index in [1.54, 1.807) is 0 Å². The number of hydrogen-bond donors (Lipinski definition) is 0. The molecule has 0 rings (SSSR count). The van der Waals surface area contributed by atoms with E-state index in [4.69, 9.17) is 0 Å². The maximum absolute atomic E-state index is 2.29. The van der Waals surface area contributed by atoms with Gasteiger partial charge in [0.25, 0.3) is 0 Å². The molecule has 0 heterocycles. The van der Waals surface area contributed by atoms with Crippen molar-refractivity contribution in [3.63, 3.8) is 0 Å². The fraction of sp³-hybridized carbons (Fsp3) is 0.500. The standard InChI is InChI=1S/C8H17B3/c1-8(10-3)4-5-11-7-6-9-2/h4-11H,1-3H3/b5-4?,7-6-. The molecule has 0 radical (unpaired) electrons. The molecule has 0 saturated carbocycles. The first kappa shape index (κ1) is 10.7. The molecule has 0 aliphatic heterocycles. The largest absolute Gasteiger partial charge is 0.171 e. The number of allylic oxidation sites excluding steroid dienone is 1. The molecule has 0 saturated heterocycles. The van der Waals surface area contributed by atoms with Crippen molar-refractivity contribution in [3.8, 4) is 0 Å². The molecule has 11 heavy (non-hydrogen) atoms. The predicted molar refractivity (Wildman–Crippen MR) is 60.9 cm³/mol. The van der Waals surface area contributed by atoms with Gasteiger partial charge < -0.3 is 0 Å². The van der Waals surface area contributed by atoms with Crippen molar-refractivity contribution in [3.05, 3.63) is 24.0 Å². The van der Waals surface area contributed by atoms with Gasteiger partial charge in [-0.3, -0.25) is 0 Å². The Labute approximate surface area is 72.9 Å². The van der Waals surface area contributed by atoms with Gasteiger partial charge in [-0.25, -0.2) is 0 Å². The molecule has 0 amide bonds. The van der Waals surface area contributed by atoms with Gasteiger partial charge in [-0.2, -0.15) is 0 Å². The highest BCUT2D eigenvalue weighted by Gasteiger charge is 1.90. The lowest BCUT2D eigenvalue weighted by atomic mass is 9.65. The van der Waals surface area contributed by atoms with Crippen LogP contribution in [0.3, 0.4) is 0 Å². The van der Waals surface area contributed by atoms with Gasteiger partial charge in [-0.05, 0) is 0 Å². The van der Waals surface area contributed by atoms with Crippen molar-refractivity contribution in [1.29, 1.82) is 0 Å². The fourth-order valence-electron chi connectivity index (χ4n) is 0.788. The molecule has 0 aliphatic carbocycles. The van der Waals surface area contributed by atoms with Gasteiger partial charge in [0.05, 0.1) is 0 Å². The van der Waals surface area contributed by atoms with E-state index >= 15 is 0 Å². The second-order valence-corrected chi connectivity index (χ2v) is 2.93. The smallest absolute Gasteiger partial charge is 0.132 e. The minimum absolute atomic E-state index is 0.741. The Morgan fingerprint density at radius 2 is 1.82 bits per heavy atom. The molecule has 0 N–H and O–H groups in total. The summed E-state index contributed by atoms with van der Waals surface area (Å²) in [5.74, 6) is 7.42. The first-order valence-electron chi connectivity index (χ1n) is 4.62. The summed E-state index contributed by atoms with van der Waals surface area (Å²) < 4.78 is 0. The van der Waals surface area contributed by atoms with Crippen LogP contribution in [0.4, 0.5) is 0 Å². The van der Waals surface area contributed by atoms with Crippen LogP contribution in [0, 0.1) is 0 Å². The average molecular weight is 146 g/mol. The first-order chi connectivity index (χ1) is 5.31. The zero-order chi connectivity index (χ0) is 8.53. The highest BCUT2D eigenvalue weighted by Crippen LogP contribution is 2.00. The maximum Gasteiger partial charge on any atom is 0.171 e. The highest BCUT2D eigenvalue weighted by molar-refractivity contribution is 6.52. The van der Waals surface area contributed by atoms with Gasteiger partial charge in [0, 0.05) is 0 Å². The lowest BCUT2D eigenvalue weighted by molar-refractivity contribution is 1.19. The first-order valence-corrected chi connectivity index (χ1v) is 4.62. The van der Waals surface area contributed by atoms with E-state index < -0.39 is 0 Å². The molecule has 0 aromatic rings. The molecule has 0 spiro atoms. The Balaban J connectivity index is 3.36. The summed E-state index contributed by atoms with van der Waals surface area (Å²) in [6.07, 6.45) is 2.29. The average Bonchev–Trinajstić information content (AvgIpc) is 2.04. The Hall–Kier alpha value is -0.325. The SMILES string of the molecule is CB/C=C\BC=CC(C)BC. The molecular weight excluding hydrogens is 129 g/mol. The van der Waals surface area contributed by atoms with Crippen molar-refractivity contribution in [1.82, 2.24) is 0 Å². The lowest BCUT2D eigenvalue weighted by Crippen LogP contribution is -1.90. The van der Waals surface area contributed by atoms with Gasteiger partial charge in [-0.15, -0.1) is 24.0 Å². The van der Waals surface area contributed by atoms with Crippen molar-refractivity contribution in [2.24, 2.45) is 0 Å². The molecule has 0 aromatic heterocycles. The molecule has 0 fully saturated rings. The van der Waals surface area contributed by atoms with Crippen LogP contribution in [0.25, 0.3) is 0 Å². The van der Waals surface area contributed by atoms with E-state index in [1.165, 1.54) is 7.28 Å². The molecule has 0 nitrogen and oxygen atoms in total. The molecule has 58 valence electrons. The number of rotatable bonds is 5. The van der Waals surface area contributed by atoms with Crippen molar-refractivity contribution >= 4 is 21.8 Å². The Morgan fingerprint density at radius 3 is 2.36 bits per heavy atom. The Kier molecular flexibility index (Phi) is 7.55. The summed E-state index contributed by atoms with van der Waals surface area (Å²) in [7, 11) is 3.49. The molecule has 0 bridgehead atoms. The van der Waals surface area contributed by atoms with Crippen LogP contribution in [0.5, 0.6) is 0 Å². The summed E-state index contributed by atoms with van der Waals surface area (Å²) >= 11 is 0. The van der Waals surface area contributed by atoms with E-state index in [9.17, 15) is 0 Å². The van der Waals surface area contributed by atoms with Crippen molar-refractivity contribution in [2.45, 2.75) is 26.4 Å². The zero-order valence-corrected chi connectivity index (χ0v) is 8.01. The summed E-state index contributed by atoms with van der Waals surface area (Å²) in [4.78, 5) is 0. The zero-order valence-electron chi connectivity index (χ0n) is 8.01. The van der Waals surface area contributed by atoms with Gasteiger partial charge in [-0.1, -0.05) is 26.4 Å². The Morgan fingerprint density at radius 1 is 1.09 bits per heavy atom. The van der Waals surface area contributed by atoms with E-state index in [1.807, 2.05) is 0 Å². The minimum Gasteiger partial charge on any atom is -0.132 e. The summed E-state index contributed by atoms with van der Waals surface area (Å²) in [6.45, 7) is 6.63. The summed E-state index contributed by atoms with van der Waals surface area (Å²) in [5.41, 5.74) is 0. The second kappa shape index (κ2) is 7.78. The van der Waals surface area contributed by atoms with Crippen LogP contribution in [-0.4, -0.2) is 21.8 Å². The van der Waals surface area contributed by atoms with Gasteiger partial charge >= 0.3 is 0 Å². The highest BCUT2D eigenvalue weighted by atomic mass is 13.8. The molecule has 1 atom stereocenters. The monoisotopic (exact) mass is 146 g/mol. The molecule has 3 heteroatoms. The van der Waals surface area contributed by atoms with Crippen molar-refractivity contribution < 1.29 is 0 Å². The maximum atomic E-state index is 2.29. The van der Waals surface area contributed by atoms with E-state index in [0.29, 0.717) is 0 Å². The quantitative estimate of drug-likeness (QED) is 0.510. The van der Waals surface area contributed by atoms with Crippen LogP contribution >= 0.6 is 0 Å². The van der Waals surface area contributed by atoms with Crippen LogP contribution < -0.4 is 0 Å². The van der Waals surface area contributed by atoms with E-state index in [-0.39, 0.29) is 0 Å². The van der Waals surface area contributed by atoms with Crippen molar-refractivity contribution in [2.75, 3.05) is 0 Å². The van der Waals surface area contributed by atoms with Crippen LogP contribution in [0.2, 0.25) is 19.5 Å². The Bertz CT molecular complexity index is 129. The van der Waals surface area contributed by atoms with Crippen LogP contribution in [0.15, 0.2) is 24.0 Å². The number of hydrogen-bond acceptors (Lipinski definition) is 0. The molecule has 1 unspecified atom stereocenters. The normalized spacial score (nSPS) is 13.7. The predicted octanol–water partition coefficient (Wildman–Crippen LogP) is 1.19. The summed E-state index contributed by atoms with van der Waals surface area (Å²) in [5, 5.41) is 0. The third-order valence-electron chi connectivity index (χ3n) is 1.78. The minimum atomic E-state index is 0.741. The third-order valence-corrected chi connectivity index (χ3v) is 1.78. The lowest BCUT2D eigenvalue weighted by Gasteiger charge is -1.95. The van der Waals surface area contributed by atoms with Gasteiger partial charge in [0.15, 0.2) is 7.28 Å². The third kappa shape index (κ3) is 7.57. The topological polar surface area (TPSA) is 0 Å². The van der Waals surface area contributed by atoms with Crippen LogP contribution in [0.1, 0.15) is 6.92 Å². The molecule has 0 aliphatic rings. The fourth-order valence-corrected chi connectivity index (χ4v) is 0.788. The van der Waals surface area contributed by atoms with E-state index in [0.717, 1.165) is 20.4 Å². The second-order valence-electron chi connectivity index (χ2n) is 2.93. The molecule has 0 aromatic carbocycles. The van der Waals surface area contributed by atoms with Gasteiger partial charge in [0.2, 0.25) is 0 Å². The van der Waals surface area contributed by atoms with Gasteiger partial charge in [0.1, 0.15) is 14.6 Å². The molecular formula is C8H17B3. The van der Waals surface area contributed by atoms with E-state index in [2.05, 4.69) is 44.6 Å². The summed E-state index contributed by atoms with van der Waals surface area (Å²) in [6, 6.07) is 0. The van der Waals surface area contributed by atoms with Crippen LogP contribution in [-0.2, 0) is 0 Å².